The number of hydrogen-bond donors (Lipinski definition) is 0. The third kappa shape index (κ3) is 8.53. The molecular weight excluding hydrogens is 240 g/mol. The van der Waals surface area contributed by atoms with Crippen LogP contribution in [0.25, 0.3) is 6.08 Å². The smallest absolute Gasteiger partial charge is 0.0138 e. The summed E-state index contributed by atoms with van der Waals surface area (Å²) in [6, 6.07) is 10.4. The summed E-state index contributed by atoms with van der Waals surface area (Å²) in [4.78, 5) is 0. The molecular formula is C20H28. The van der Waals surface area contributed by atoms with Crippen LogP contribution in [0.15, 0.2) is 60.7 Å². The summed E-state index contributed by atoms with van der Waals surface area (Å²) in [5.41, 5.74) is 2.58. The quantitative estimate of drug-likeness (QED) is 0.333. The highest BCUT2D eigenvalue weighted by atomic mass is 14.0. The molecule has 20 heavy (non-hydrogen) atoms. The molecule has 0 saturated heterocycles. The molecule has 0 unspecified atom stereocenters. The van der Waals surface area contributed by atoms with Gasteiger partial charge in [-0.1, -0.05) is 86.6 Å². The first-order valence-corrected chi connectivity index (χ1v) is 7.86. The zero-order valence-corrected chi connectivity index (χ0v) is 12.9. The van der Waals surface area contributed by atoms with Gasteiger partial charge >= 0.3 is 0 Å². The minimum Gasteiger partial charge on any atom is -0.0995 e. The molecule has 1 aromatic rings. The van der Waals surface area contributed by atoms with Gasteiger partial charge in [0.05, 0.1) is 0 Å². The molecule has 0 amide bonds. The lowest BCUT2D eigenvalue weighted by Crippen LogP contribution is -1.79. The maximum atomic E-state index is 4.15. The highest BCUT2D eigenvalue weighted by Crippen LogP contribution is 2.11. The van der Waals surface area contributed by atoms with E-state index in [0.717, 1.165) is 19.3 Å². The zero-order chi connectivity index (χ0) is 14.5. The highest BCUT2D eigenvalue weighted by Gasteiger charge is 1.90. The van der Waals surface area contributed by atoms with Crippen LogP contribution in [0.4, 0.5) is 0 Å². The third-order valence-corrected chi connectivity index (χ3v) is 3.32. The lowest BCUT2D eigenvalue weighted by atomic mass is 10.1. The summed E-state index contributed by atoms with van der Waals surface area (Å²) in [6.45, 7) is 6.39. The van der Waals surface area contributed by atoms with E-state index in [1.165, 1.54) is 36.8 Å². The van der Waals surface area contributed by atoms with Crippen LogP contribution in [-0.4, -0.2) is 0 Å². The maximum absolute atomic E-state index is 4.15. The molecule has 0 fully saturated rings. The Labute approximate surface area is 124 Å². The van der Waals surface area contributed by atoms with E-state index in [0.29, 0.717) is 0 Å². The van der Waals surface area contributed by atoms with Crippen LogP contribution in [0.3, 0.4) is 0 Å². The third-order valence-electron chi connectivity index (χ3n) is 3.32. The number of benzene rings is 1. The minimum atomic E-state index is 0.985. The molecule has 0 spiro atoms. The van der Waals surface area contributed by atoms with Crippen molar-refractivity contribution in [1.29, 1.82) is 0 Å². The molecule has 0 heterocycles. The van der Waals surface area contributed by atoms with Gasteiger partial charge in [-0.15, -0.1) is 0 Å². The summed E-state index contributed by atoms with van der Waals surface area (Å²) in [7, 11) is 0. The van der Waals surface area contributed by atoms with Crippen molar-refractivity contribution in [1.82, 2.24) is 0 Å². The molecule has 0 atom stereocenters. The fourth-order valence-electron chi connectivity index (χ4n) is 2.06. The Morgan fingerprint density at radius 2 is 1.75 bits per heavy atom. The minimum absolute atomic E-state index is 0.985. The van der Waals surface area contributed by atoms with Gasteiger partial charge in [-0.2, -0.15) is 0 Å². The molecule has 0 bridgehead atoms. The topological polar surface area (TPSA) is 0 Å². The number of unbranched alkanes of at least 4 members (excludes halogenated alkanes) is 3. The summed E-state index contributed by atoms with van der Waals surface area (Å²) >= 11 is 0. The largest absolute Gasteiger partial charge is 0.0995 e. The van der Waals surface area contributed by atoms with Gasteiger partial charge in [-0.05, 0) is 37.7 Å². The van der Waals surface area contributed by atoms with E-state index in [9.17, 15) is 0 Å². The van der Waals surface area contributed by atoms with E-state index >= 15 is 0 Å². The molecule has 0 saturated carbocycles. The molecule has 1 aromatic carbocycles. The molecule has 0 aromatic heterocycles. The van der Waals surface area contributed by atoms with Crippen LogP contribution < -0.4 is 0 Å². The molecule has 0 heteroatoms. The predicted molar refractivity (Wildman–Crippen MR) is 91.7 cm³/mol. The van der Waals surface area contributed by atoms with Gasteiger partial charge in [-0.3, -0.25) is 0 Å². The number of hydrogen-bond acceptors (Lipinski definition) is 0. The molecule has 0 radical (unpaired) electrons. The summed E-state index contributed by atoms with van der Waals surface area (Å²) < 4.78 is 0. The number of rotatable bonds is 10. The summed E-state index contributed by atoms with van der Waals surface area (Å²) in [6.07, 6.45) is 17.4. The second-order valence-electron chi connectivity index (χ2n) is 5.27. The van der Waals surface area contributed by atoms with Crippen molar-refractivity contribution in [2.45, 2.75) is 51.9 Å². The van der Waals surface area contributed by atoms with Gasteiger partial charge in [0.2, 0.25) is 0 Å². The Balaban J connectivity index is 2.10. The van der Waals surface area contributed by atoms with Crippen LogP contribution in [0.5, 0.6) is 0 Å². The fourth-order valence-corrected chi connectivity index (χ4v) is 2.06. The monoisotopic (exact) mass is 268 g/mol. The predicted octanol–water partition coefficient (Wildman–Crippen LogP) is 6.56. The molecule has 0 N–H and O–H groups in total. The van der Waals surface area contributed by atoms with Crippen LogP contribution in [0.1, 0.15) is 57.4 Å². The molecule has 0 aliphatic carbocycles. The van der Waals surface area contributed by atoms with Gasteiger partial charge < -0.3 is 0 Å². The van der Waals surface area contributed by atoms with Crippen molar-refractivity contribution in [3.05, 3.63) is 66.3 Å². The van der Waals surface area contributed by atoms with Gasteiger partial charge in [0.25, 0.3) is 0 Å². The van der Waals surface area contributed by atoms with Crippen molar-refractivity contribution in [3.8, 4) is 0 Å². The second kappa shape index (κ2) is 11.3. The van der Waals surface area contributed by atoms with E-state index in [1.54, 1.807) is 0 Å². The average Bonchev–Trinajstić information content (AvgIpc) is 2.47. The van der Waals surface area contributed by atoms with E-state index in [1.807, 2.05) is 6.07 Å². The molecule has 108 valence electrons. The van der Waals surface area contributed by atoms with E-state index in [4.69, 9.17) is 0 Å². The molecule has 0 aliphatic heterocycles. The van der Waals surface area contributed by atoms with Crippen LogP contribution in [0.2, 0.25) is 0 Å². The molecule has 0 nitrogen and oxygen atoms in total. The van der Waals surface area contributed by atoms with Crippen LogP contribution in [-0.2, 0) is 0 Å². The Kier molecular flexibility index (Phi) is 9.30. The van der Waals surface area contributed by atoms with E-state index in [-0.39, 0.29) is 0 Å². The lowest BCUT2D eigenvalue weighted by molar-refractivity contribution is 0.727. The van der Waals surface area contributed by atoms with Gasteiger partial charge in [0.1, 0.15) is 0 Å². The van der Waals surface area contributed by atoms with Crippen molar-refractivity contribution in [3.63, 3.8) is 0 Å². The first-order valence-electron chi connectivity index (χ1n) is 7.86. The molecule has 1 rings (SSSR count). The van der Waals surface area contributed by atoms with Crippen molar-refractivity contribution in [2.75, 3.05) is 0 Å². The number of allylic oxidation sites excluding steroid dienone is 4. The second-order valence-corrected chi connectivity index (χ2v) is 5.27. The van der Waals surface area contributed by atoms with Crippen molar-refractivity contribution >= 4 is 6.08 Å². The molecule has 0 aliphatic rings. The first kappa shape index (κ1) is 16.5. The van der Waals surface area contributed by atoms with Gasteiger partial charge in [-0.25, -0.2) is 0 Å². The SMILES string of the molecule is C=C(C/C=C/c1ccccc1)CC/C=C/CCCCC. The summed E-state index contributed by atoms with van der Waals surface area (Å²) in [5.74, 6) is 0. The van der Waals surface area contributed by atoms with Crippen LogP contribution in [0, 0.1) is 0 Å². The Hall–Kier alpha value is -1.56. The van der Waals surface area contributed by atoms with Crippen LogP contribution >= 0.6 is 0 Å². The fraction of sp³-hybridized carbons (Fsp3) is 0.400. The Bertz CT molecular complexity index is 409. The lowest BCUT2D eigenvalue weighted by Gasteiger charge is -1.99. The van der Waals surface area contributed by atoms with Gasteiger partial charge in [0, 0.05) is 0 Å². The van der Waals surface area contributed by atoms with E-state index in [2.05, 4.69) is 62.1 Å². The zero-order valence-electron chi connectivity index (χ0n) is 12.9. The summed E-state index contributed by atoms with van der Waals surface area (Å²) in [5, 5.41) is 0. The normalized spacial score (nSPS) is 11.4. The highest BCUT2D eigenvalue weighted by molar-refractivity contribution is 5.49. The van der Waals surface area contributed by atoms with Crippen molar-refractivity contribution < 1.29 is 0 Å². The Morgan fingerprint density at radius 3 is 2.50 bits per heavy atom. The van der Waals surface area contributed by atoms with E-state index < -0.39 is 0 Å². The first-order chi connectivity index (χ1) is 9.83. The maximum Gasteiger partial charge on any atom is -0.0138 e. The Morgan fingerprint density at radius 1 is 1.00 bits per heavy atom. The average molecular weight is 268 g/mol. The van der Waals surface area contributed by atoms with Crippen molar-refractivity contribution in [2.24, 2.45) is 0 Å². The standard InChI is InChI=1S/C20H28/c1-3-4-5-6-7-8-10-14-19(2)15-13-18-20-16-11-9-12-17-20/h7-9,11-13,16-18H,2-6,10,14-15H2,1H3/b8-7+,18-13+. The van der Waals surface area contributed by atoms with Gasteiger partial charge in [0.15, 0.2) is 0 Å².